The molecule has 1 amide bonds. The summed E-state index contributed by atoms with van der Waals surface area (Å²) in [6.07, 6.45) is -4.33. The van der Waals surface area contributed by atoms with Crippen molar-refractivity contribution < 1.29 is 18.0 Å². The van der Waals surface area contributed by atoms with E-state index in [1.165, 1.54) is 12.1 Å². The zero-order chi connectivity index (χ0) is 18.9. The molecule has 0 aliphatic rings. The van der Waals surface area contributed by atoms with Gasteiger partial charge in [0, 0.05) is 25.6 Å². The molecule has 1 aromatic rings. The monoisotopic (exact) mass is 486 g/mol. The second kappa shape index (κ2) is 12.0. The Kier molecular flexibility index (Phi) is 11.3. The summed E-state index contributed by atoms with van der Waals surface area (Å²) in [6, 6.07) is 4.93. The summed E-state index contributed by atoms with van der Waals surface area (Å²) in [5.41, 5.74) is 0.00414. The van der Waals surface area contributed by atoms with E-state index in [2.05, 4.69) is 20.9 Å². The Morgan fingerprint density at radius 3 is 2.15 bits per heavy atom. The molecule has 0 radical (unpaired) electrons. The minimum atomic E-state index is -4.33. The largest absolute Gasteiger partial charge is 0.416 e. The Morgan fingerprint density at radius 1 is 1.08 bits per heavy atom. The Hall–Kier alpha value is -1.52. The molecule has 0 atom stereocenters. The zero-order valence-electron chi connectivity index (χ0n) is 15.1. The quantitative estimate of drug-likeness (QED) is 0.240. The molecular formula is C17H26F3IN4O. The Morgan fingerprint density at radius 2 is 1.65 bits per heavy atom. The van der Waals surface area contributed by atoms with Crippen molar-refractivity contribution in [2.24, 2.45) is 10.9 Å². The van der Waals surface area contributed by atoms with Crippen molar-refractivity contribution in [2.45, 2.75) is 33.5 Å². The molecule has 0 saturated heterocycles. The maximum atomic E-state index is 12.5. The Labute approximate surface area is 169 Å². The van der Waals surface area contributed by atoms with E-state index in [-0.39, 0.29) is 42.3 Å². The van der Waals surface area contributed by atoms with Gasteiger partial charge in [-0.3, -0.25) is 4.79 Å². The van der Waals surface area contributed by atoms with E-state index in [4.69, 9.17) is 0 Å². The number of benzene rings is 1. The number of nitrogens with zero attached hydrogens (tertiary/aromatic N) is 1. The van der Waals surface area contributed by atoms with Crippen LogP contribution in [0.25, 0.3) is 0 Å². The molecule has 5 nitrogen and oxygen atoms in total. The van der Waals surface area contributed by atoms with Gasteiger partial charge in [0.15, 0.2) is 5.96 Å². The van der Waals surface area contributed by atoms with Gasteiger partial charge in [-0.15, -0.1) is 24.0 Å². The third kappa shape index (κ3) is 9.25. The second-order valence-electron chi connectivity index (χ2n) is 5.76. The highest BCUT2D eigenvalue weighted by Gasteiger charge is 2.29. The fourth-order valence-electron chi connectivity index (χ4n) is 1.88. The number of alkyl halides is 3. The predicted octanol–water partition coefficient (Wildman–Crippen LogP) is 3.15. The van der Waals surface area contributed by atoms with Crippen molar-refractivity contribution in [3.63, 3.8) is 0 Å². The predicted molar refractivity (Wildman–Crippen MR) is 108 cm³/mol. The lowest BCUT2D eigenvalue weighted by Gasteiger charge is -2.13. The first-order valence-electron chi connectivity index (χ1n) is 8.20. The third-order valence-electron chi connectivity index (χ3n) is 3.29. The molecule has 26 heavy (non-hydrogen) atoms. The lowest BCUT2D eigenvalue weighted by Crippen LogP contribution is -2.42. The number of amides is 1. The molecule has 0 fully saturated rings. The van der Waals surface area contributed by atoms with Gasteiger partial charge in [0.1, 0.15) is 0 Å². The van der Waals surface area contributed by atoms with Crippen molar-refractivity contribution in [1.29, 1.82) is 0 Å². The fraction of sp³-hybridized carbons (Fsp3) is 0.529. The number of aliphatic imine (C=N–C) groups is 1. The van der Waals surface area contributed by atoms with Gasteiger partial charge < -0.3 is 16.0 Å². The maximum Gasteiger partial charge on any atom is 0.416 e. The van der Waals surface area contributed by atoms with E-state index in [1.54, 1.807) is 0 Å². The highest BCUT2D eigenvalue weighted by atomic mass is 127. The molecule has 0 aliphatic carbocycles. The SMILES string of the molecule is CCNC(=NCc1ccc(C(F)(F)F)cc1)NCCNC(=O)C(C)C.I. The van der Waals surface area contributed by atoms with Crippen molar-refractivity contribution in [1.82, 2.24) is 16.0 Å². The fourth-order valence-corrected chi connectivity index (χ4v) is 1.88. The molecule has 1 aromatic carbocycles. The van der Waals surface area contributed by atoms with Gasteiger partial charge in [-0.25, -0.2) is 4.99 Å². The molecular weight excluding hydrogens is 460 g/mol. The van der Waals surface area contributed by atoms with Crippen LogP contribution in [0.15, 0.2) is 29.3 Å². The highest BCUT2D eigenvalue weighted by Crippen LogP contribution is 2.29. The third-order valence-corrected chi connectivity index (χ3v) is 3.29. The van der Waals surface area contributed by atoms with Crippen LogP contribution in [0.1, 0.15) is 31.9 Å². The number of carbonyl (C=O) groups is 1. The summed E-state index contributed by atoms with van der Waals surface area (Å²) in [6.45, 7) is 7.41. The van der Waals surface area contributed by atoms with Crippen LogP contribution in [0.3, 0.4) is 0 Å². The van der Waals surface area contributed by atoms with Gasteiger partial charge in [-0.05, 0) is 24.6 Å². The maximum absolute atomic E-state index is 12.5. The van der Waals surface area contributed by atoms with Crippen molar-refractivity contribution in [2.75, 3.05) is 19.6 Å². The summed E-state index contributed by atoms with van der Waals surface area (Å²) in [5.74, 6) is 0.455. The molecule has 0 saturated carbocycles. The van der Waals surface area contributed by atoms with Crippen LogP contribution in [0.5, 0.6) is 0 Å². The first kappa shape index (κ1) is 24.5. The van der Waals surface area contributed by atoms with Crippen LogP contribution in [0.2, 0.25) is 0 Å². The smallest absolute Gasteiger partial charge is 0.357 e. The number of carbonyl (C=O) groups excluding carboxylic acids is 1. The summed E-state index contributed by atoms with van der Waals surface area (Å²) < 4.78 is 37.6. The normalized spacial score (nSPS) is 11.7. The molecule has 1 rings (SSSR count). The van der Waals surface area contributed by atoms with Crippen LogP contribution in [0, 0.1) is 5.92 Å². The van der Waals surface area contributed by atoms with Crippen molar-refractivity contribution >= 4 is 35.8 Å². The molecule has 0 heterocycles. The number of hydrogen-bond donors (Lipinski definition) is 3. The van der Waals surface area contributed by atoms with Crippen LogP contribution < -0.4 is 16.0 Å². The van der Waals surface area contributed by atoms with Crippen molar-refractivity contribution in [3.8, 4) is 0 Å². The molecule has 0 bridgehead atoms. The Bertz CT molecular complexity index is 574. The minimum absolute atomic E-state index is 0. The minimum Gasteiger partial charge on any atom is -0.357 e. The molecule has 3 N–H and O–H groups in total. The molecule has 0 aliphatic heterocycles. The van der Waals surface area contributed by atoms with Gasteiger partial charge in [0.05, 0.1) is 12.1 Å². The van der Waals surface area contributed by atoms with Gasteiger partial charge in [-0.1, -0.05) is 26.0 Å². The molecule has 0 unspecified atom stereocenters. The van der Waals surface area contributed by atoms with Crippen LogP contribution in [0.4, 0.5) is 13.2 Å². The van der Waals surface area contributed by atoms with E-state index < -0.39 is 11.7 Å². The summed E-state index contributed by atoms with van der Waals surface area (Å²) >= 11 is 0. The molecule has 0 aromatic heterocycles. The lowest BCUT2D eigenvalue weighted by atomic mass is 10.1. The first-order chi connectivity index (χ1) is 11.7. The highest BCUT2D eigenvalue weighted by molar-refractivity contribution is 14.0. The van der Waals surface area contributed by atoms with Crippen molar-refractivity contribution in [3.05, 3.63) is 35.4 Å². The summed E-state index contributed by atoms with van der Waals surface area (Å²) in [4.78, 5) is 15.8. The van der Waals surface area contributed by atoms with E-state index >= 15 is 0 Å². The number of rotatable bonds is 7. The number of hydrogen-bond acceptors (Lipinski definition) is 2. The topological polar surface area (TPSA) is 65.5 Å². The average molecular weight is 486 g/mol. The molecule has 9 heteroatoms. The van der Waals surface area contributed by atoms with Crippen LogP contribution in [-0.4, -0.2) is 31.5 Å². The molecule has 148 valence electrons. The van der Waals surface area contributed by atoms with Crippen LogP contribution >= 0.6 is 24.0 Å². The number of halogens is 4. The van der Waals surface area contributed by atoms with Gasteiger partial charge in [0.25, 0.3) is 0 Å². The van der Waals surface area contributed by atoms with E-state index in [0.29, 0.717) is 31.2 Å². The van der Waals surface area contributed by atoms with Gasteiger partial charge in [-0.2, -0.15) is 13.2 Å². The summed E-state index contributed by atoms with van der Waals surface area (Å²) in [5, 5.41) is 8.89. The standard InChI is InChI=1S/C17H25F3N4O.HI/c1-4-21-16(23-10-9-22-15(25)12(2)3)24-11-13-5-7-14(8-6-13)17(18,19)20;/h5-8,12H,4,9-11H2,1-3H3,(H,22,25)(H2,21,23,24);1H. The first-order valence-corrected chi connectivity index (χ1v) is 8.20. The lowest BCUT2D eigenvalue weighted by molar-refractivity contribution is -0.137. The number of nitrogens with one attached hydrogen (secondary N) is 3. The van der Waals surface area contributed by atoms with Crippen LogP contribution in [-0.2, 0) is 17.5 Å². The van der Waals surface area contributed by atoms with Gasteiger partial charge in [0.2, 0.25) is 5.91 Å². The van der Waals surface area contributed by atoms with E-state index in [9.17, 15) is 18.0 Å². The van der Waals surface area contributed by atoms with E-state index in [0.717, 1.165) is 12.1 Å². The number of guanidine groups is 1. The van der Waals surface area contributed by atoms with E-state index in [1.807, 2.05) is 20.8 Å². The summed E-state index contributed by atoms with van der Waals surface area (Å²) in [7, 11) is 0. The van der Waals surface area contributed by atoms with Gasteiger partial charge >= 0.3 is 6.18 Å². The molecule has 0 spiro atoms. The second-order valence-corrected chi connectivity index (χ2v) is 5.76. The Balaban J connectivity index is 0.00000625. The zero-order valence-corrected chi connectivity index (χ0v) is 17.4. The average Bonchev–Trinajstić information content (AvgIpc) is 2.55.